The van der Waals surface area contributed by atoms with Crippen LogP contribution in [0.15, 0.2) is 47.1 Å². The first-order valence-corrected chi connectivity index (χ1v) is 14.6. The lowest BCUT2D eigenvalue weighted by atomic mass is 9.70. The van der Waals surface area contributed by atoms with Gasteiger partial charge in [-0.2, -0.15) is 12.6 Å². The van der Waals surface area contributed by atoms with Gasteiger partial charge in [0, 0.05) is 18.1 Å². The Kier molecular flexibility index (Phi) is 13.8. The highest BCUT2D eigenvalue weighted by Gasteiger charge is 2.38. The summed E-state index contributed by atoms with van der Waals surface area (Å²) in [6.45, 7) is 15.5. The molecule has 0 unspecified atom stereocenters. The van der Waals surface area contributed by atoms with Crippen LogP contribution >= 0.6 is 12.6 Å². The van der Waals surface area contributed by atoms with Crippen molar-refractivity contribution in [2.75, 3.05) is 0 Å². The SMILES string of the molecule is C#C.C=C1/C(=C\C=C2/CCC[C@]3(C)CCC=C23)CCC[C@@H]1OC(C)=O.CC.CC(C)(O)C#CCC1(S)CC1. The lowest BCUT2D eigenvalue weighted by molar-refractivity contribution is -0.145. The largest absolute Gasteiger partial charge is 0.458 e. The Morgan fingerprint density at radius 2 is 1.79 bits per heavy atom. The van der Waals surface area contributed by atoms with Crippen LogP contribution in [-0.2, 0) is 9.53 Å². The van der Waals surface area contributed by atoms with E-state index in [1.165, 1.54) is 50.2 Å². The number of allylic oxidation sites excluding steroid dienone is 5. The summed E-state index contributed by atoms with van der Waals surface area (Å²) < 4.78 is 5.58. The zero-order chi connectivity index (χ0) is 29.0. The Hall–Kier alpha value is -2.14. The Balaban J connectivity index is 0.000000405. The average Bonchev–Trinajstić information content (AvgIpc) is 3.45. The van der Waals surface area contributed by atoms with Gasteiger partial charge in [-0.25, -0.2) is 0 Å². The highest BCUT2D eigenvalue weighted by atomic mass is 32.1. The number of esters is 1. The summed E-state index contributed by atoms with van der Waals surface area (Å²) in [6, 6.07) is 0. The van der Waals surface area contributed by atoms with Crippen LogP contribution in [0.3, 0.4) is 0 Å². The van der Waals surface area contributed by atoms with E-state index in [0.717, 1.165) is 44.1 Å². The molecule has 0 saturated heterocycles. The lowest BCUT2D eigenvalue weighted by Crippen LogP contribution is -2.23. The van der Waals surface area contributed by atoms with E-state index in [0.29, 0.717) is 5.41 Å². The van der Waals surface area contributed by atoms with Gasteiger partial charge in [-0.3, -0.25) is 4.79 Å². The molecule has 38 heavy (non-hydrogen) atoms. The number of fused-ring (bicyclic) bond motifs is 1. The van der Waals surface area contributed by atoms with Gasteiger partial charge in [0.1, 0.15) is 11.7 Å². The Bertz CT molecular complexity index is 988. The fourth-order valence-electron chi connectivity index (χ4n) is 5.16. The number of aliphatic hydroxyl groups is 1. The minimum Gasteiger partial charge on any atom is -0.458 e. The summed E-state index contributed by atoms with van der Waals surface area (Å²) in [5.41, 5.74) is 4.89. The lowest BCUT2D eigenvalue weighted by Gasteiger charge is -2.34. The quantitative estimate of drug-likeness (QED) is 0.216. The molecular weight excluding hydrogens is 488 g/mol. The average molecular weight is 539 g/mol. The number of carbonyl (C=O) groups excluding carboxylic acids is 1. The first-order chi connectivity index (χ1) is 17.9. The van der Waals surface area contributed by atoms with Crippen LogP contribution in [-0.4, -0.2) is 27.5 Å². The molecular formula is C34H50O3S. The molecule has 1 N–H and O–H groups in total. The van der Waals surface area contributed by atoms with Crippen molar-refractivity contribution in [2.45, 2.75) is 129 Å². The number of thiol groups is 1. The van der Waals surface area contributed by atoms with Gasteiger partial charge in [-0.1, -0.05) is 57.4 Å². The zero-order valence-electron chi connectivity index (χ0n) is 24.7. The summed E-state index contributed by atoms with van der Waals surface area (Å²) in [5, 5.41) is 9.24. The summed E-state index contributed by atoms with van der Waals surface area (Å²) >= 11 is 4.41. The molecule has 0 aromatic heterocycles. The van der Waals surface area contributed by atoms with Crippen molar-refractivity contribution in [1.29, 1.82) is 0 Å². The second kappa shape index (κ2) is 15.5. The molecule has 4 aliphatic carbocycles. The molecule has 3 saturated carbocycles. The molecule has 4 aliphatic rings. The van der Waals surface area contributed by atoms with Crippen molar-refractivity contribution in [3.63, 3.8) is 0 Å². The van der Waals surface area contributed by atoms with Gasteiger partial charge in [-0.15, -0.1) is 12.8 Å². The molecule has 0 aromatic carbocycles. The van der Waals surface area contributed by atoms with Crippen molar-refractivity contribution < 1.29 is 14.6 Å². The van der Waals surface area contributed by atoms with Crippen LogP contribution in [0.4, 0.5) is 0 Å². The first kappa shape index (κ1) is 33.9. The maximum absolute atomic E-state index is 11.2. The Morgan fingerprint density at radius 3 is 2.37 bits per heavy atom. The fourth-order valence-corrected chi connectivity index (χ4v) is 5.35. The third-order valence-electron chi connectivity index (χ3n) is 7.36. The molecule has 0 bridgehead atoms. The van der Waals surface area contributed by atoms with E-state index in [1.807, 2.05) is 13.8 Å². The minimum absolute atomic E-state index is 0.131. The number of carbonyl (C=O) groups is 1. The van der Waals surface area contributed by atoms with Crippen molar-refractivity contribution in [3.05, 3.63) is 47.1 Å². The van der Waals surface area contributed by atoms with Gasteiger partial charge in [-0.05, 0) is 106 Å². The van der Waals surface area contributed by atoms with Crippen LogP contribution in [0, 0.1) is 30.1 Å². The summed E-state index contributed by atoms with van der Waals surface area (Å²) in [6.07, 6.45) is 27.3. The predicted molar refractivity (Wildman–Crippen MR) is 165 cm³/mol. The van der Waals surface area contributed by atoms with Gasteiger partial charge < -0.3 is 9.84 Å². The molecule has 4 rings (SSSR count). The van der Waals surface area contributed by atoms with Crippen LogP contribution in [0.5, 0.6) is 0 Å². The number of rotatable bonds is 3. The standard InChI is InChI=1S/C21H28O2.C9H14OS.C2H6.C2H2/c1-15-17(7-4-10-20(15)23-16(2)22)11-12-18-8-5-13-21(3)14-6-9-19(18)21;1-8(2,10)4-3-5-9(11)6-7-9;2*1-2/h9,11-12,20H,1,4-8,10,13-14H2,2-3H3;10-11H,5-7H2,1-2H3;1-2H3;1-2H/b17-11-,18-12+;;;/t20-,21+;;;/m0.../s1. The van der Waals surface area contributed by atoms with E-state index < -0.39 is 5.60 Å². The van der Waals surface area contributed by atoms with Gasteiger partial charge in [0.15, 0.2) is 0 Å². The topological polar surface area (TPSA) is 46.5 Å². The summed E-state index contributed by atoms with van der Waals surface area (Å²) in [5.74, 6) is 5.51. The molecule has 3 nitrogen and oxygen atoms in total. The highest BCUT2D eigenvalue weighted by Crippen LogP contribution is 2.50. The number of terminal acetylenes is 1. The van der Waals surface area contributed by atoms with Crippen LogP contribution in [0.25, 0.3) is 0 Å². The van der Waals surface area contributed by atoms with Crippen LogP contribution in [0.1, 0.15) is 112 Å². The Labute approximate surface area is 238 Å². The molecule has 0 radical (unpaired) electrons. The smallest absolute Gasteiger partial charge is 0.303 e. The molecule has 4 heteroatoms. The Morgan fingerprint density at radius 1 is 1.18 bits per heavy atom. The molecule has 0 heterocycles. The maximum Gasteiger partial charge on any atom is 0.303 e. The van der Waals surface area contributed by atoms with Gasteiger partial charge in [0.2, 0.25) is 0 Å². The molecule has 0 aromatic rings. The van der Waals surface area contributed by atoms with E-state index >= 15 is 0 Å². The third kappa shape index (κ3) is 10.9. The first-order valence-electron chi connectivity index (χ1n) is 14.2. The van der Waals surface area contributed by atoms with E-state index in [1.54, 1.807) is 19.4 Å². The van der Waals surface area contributed by atoms with E-state index in [4.69, 9.17) is 4.74 Å². The minimum atomic E-state index is -0.848. The van der Waals surface area contributed by atoms with Gasteiger partial charge >= 0.3 is 5.97 Å². The number of hydrogen-bond acceptors (Lipinski definition) is 4. The number of hydrogen-bond donors (Lipinski definition) is 2. The zero-order valence-corrected chi connectivity index (χ0v) is 25.6. The molecule has 0 amide bonds. The number of ether oxygens (including phenoxy) is 1. The van der Waals surface area contributed by atoms with E-state index in [2.05, 4.69) is 69.0 Å². The molecule has 210 valence electrons. The van der Waals surface area contributed by atoms with Gasteiger partial charge in [0.05, 0.1) is 0 Å². The van der Waals surface area contributed by atoms with Crippen LogP contribution < -0.4 is 0 Å². The summed E-state index contributed by atoms with van der Waals surface area (Å²) in [7, 11) is 0. The van der Waals surface area contributed by atoms with E-state index in [-0.39, 0.29) is 16.8 Å². The predicted octanol–water partition coefficient (Wildman–Crippen LogP) is 8.31. The second-order valence-corrected chi connectivity index (χ2v) is 12.2. The normalized spacial score (nSPS) is 26.9. The highest BCUT2D eigenvalue weighted by molar-refractivity contribution is 7.82. The van der Waals surface area contributed by atoms with Crippen molar-refractivity contribution in [2.24, 2.45) is 5.41 Å². The fraction of sp³-hybridized carbons (Fsp3) is 0.618. The third-order valence-corrected chi connectivity index (χ3v) is 7.97. The van der Waals surface area contributed by atoms with E-state index in [9.17, 15) is 9.90 Å². The van der Waals surface area contributed by atoms with Gasteiger partial charge in [0.25, 0.3) is 0 Å². The van der Waals surface area contributed by atoms with Crippen molar-refractivity contribution in [3.8, 4) is 24.7 Å². The van der Waals surface area contributed by atoms with Crippen LogP contribution in [0.2, 0.25) is 0 Å². The molecule has 0 aliphatic heterocycles. The molecule has 3 fully saturated rings. The summed E-state index contributed by atoms with van der Waals surface area (Å²) in [4.78, 5) is 11.2. The van der Waals surface area contributed by atoms with Crippen molar-refractivity contribution >= 4 is 18.6 Å². The molecule has 2 atom stereocenters. The molecule has 0 spiro atoms. The second-order valence-electron chi connectivity index (χ2n) is 11.2. The maximum atomic E-state index is 11.2. The van der Waals surface area contributed by atoms with Crippen molar-refractivity contribution in [1.82, 2.24) is 0 Å². The monoisotopic (exact) mass is 538 g/mol.